The van der Waals surface area contributed by atoms with Gasteiger partial charge in [-0.15, -0.1) is 5.10 Å². The van der Waals surface area contributed by atoms with Crippen LogP contribution < -0.4 is 0 Å². The Morgan fingerprint density at radius 3 is 2.74 bits per heavy atom. The van der Waals surface area contributed by atoms with Crippen molar-refractivity contribution in [1.29, 1.82) is 0 Å². The molecule has 1 aromatic carbocycles. The second-order valence-corrected chi connectivity index (χ2v) is 4.44. The van der Waals surface area contributed by atoms with Gasteiger partial charge in [-0.25, -0.2) is 4.68 Å². The van der Waals surface area contributed by atoms with E-state index in [0.717, 1.165) is 18.5 Å². The summed E-state index contributed by atoms with van der Waals surface area (Å²) in [4.78, 5) is 11.4. The maximum absolute atomic E-state index is 11.4. The molecular formula is C14H17N3O2. The smallest absolute Gasteiger partial charge is 0.312 e. The zero-order valence-electron chi connectivity index (χ0n) is 10.9. The Balaban J connectivity index is 2.34. The third kappa shape index (κ3) is 2.99. The van der Waals surface area contributed by atoms with E-state index in [1.807, 2.05) is 37.3 Å². The quantitative estimate of drug-likeness (QED) is 0.865. The first-order valence-electron chi connectivity index (χ1n) is 6.43. The predicted molar refractivity (Wildman–Crippen MR) is 71.3 cm³/mol. The van der Waals surface area contributed by atoms with Crippen LogP contribution in [0, 0.1) is 0 Å². The molecule has 0 aliphatic rings. The third-order valence-electron chi connectivity index (χ3n) is 3.08. The Morgan fingerprint density at radius 2 is 2.11 bits per heavy atom. The fourth-order valence-electron chi connectivity index (χ4n) is 2.06. The number of unbranched alkanes of at least 4 members (excludes halogenated alkanes) is 1. The van der Waals surface area contributed by atoms with Crippen LogP contribution in [0.25, 0.3) is 5.69 Å². The molecular weight excluding hydrogens is 242 g/mol. The van der Waals surface area contributed by atoms with E-state index in [1.54, 1.807) is 10.9 Å². The molecule has 1 atom stereocenters. The van der Waals surface area contributed by atoms with Crippen molar-refractivity contribution in [3.05, 3.63) is 42.2 Å². The van der Waals surface area contributed by atoms with Gasteiger partial charge < -0.3 is 5.11 Å². The van der Waals surface area contributed by atoms with Crippen LogP contribution in [0.2, 0.25) is 0 Å². The van der Waals surface area contributed by atoms with Crippen molar-refractivity contribution in [1.82, 2.24) is 15.0 Å². The second-order valence-electron chi connectivity index (χ2n) is 4.44. The Hall–Kier alpha value is -2.17. The molecule has 1 N–H and O–H groups in total. The molecule has 19 heavy (non-hydrogen) atoms. The minimum atomic E-state index is -0.826. The summed E-state index contributed by atoms with van der Waals surface area (Å²) >= 11 is 0. The molecule has 5 heteroatoms. The van der Waals surface area contributed by atoms with Crippen LogP contribution in [-0.2, 0) is 4.79 Å². The number of carboxylic acids is 1. The third-order valence-corrected chi connectivity index (χ3v) is 3.08. The van der Waals surface area contributed by atoms with E-state index in [2.05, 4.69) is 10.3 Å². The van der Waals surface area contributed by atoms with Crippen LogP contribution in [0.5, 0.6) is 0 Å². The molecule has 5 nitrogen and oxygen atoms in total. The highest BCUT2D eigenvalue weighted by Gasteiger charge is 2.24. The molecule has 0 radical (unpaired) electrons. The monoisotopic (exact) mass is 259 g/mol. The van der Waals surface area contributed by atoms with E-state index in [1.165, 1.54) is 0 Å². The van der Waals surface area contributed by atoms with Gasteiger partial charge in [0.05, 0.1) is 17.6 Å². The standard InChI is InChI=1S/C14H17N3O2/c1-2-3-9-12(14(18)19)13-10-15-16-17(13)11-7-5-4-6-8-11/h4-8,10,12H,2-3,9H2,1H3,(H,18,19). The van der Waals surface area contributed by atoms with Crippen molar-refractivity contribution in [2.75, 3.05) is 0 Å². The fraction of sp³-hybridized carbons (Fsp3) is 0.357. The number of carbonyl (C=O) groups is 1. The van der Waals surface area contributed by atoms with Crippen molar-refractivity contribution < 1.29 is 9.90 Å². The normalized spacial score (nSPS) is 12.3. The number of nitrogens with zero attached hydrogens (tertiary/aromatic N) is 3. The predicted octanol–water partition coefficient (Wildman–Crippen LogP) is 2.63. The first-order chi connectivity index (χ1) is 9.24. The zero-order chi connectivity index (χ0) is 13.7. The van der Waals surface area contributed by atoms with Gasteiger partial charge in [0.15, 0.2) is 0 Å². The molecule has 0 saturated heterocycles. The Kier molecular flexibility index (Phi) is 4.28. The second kappa shape index (κ2) is 6.13. The molecule has 0 fully saturated rings. The molecule has 0 saturated carbocycles. The number of rotatable bonds is 6. The molecule has 1 heterocycles. The van der Waals surface area contributed by atoms with Gasteiger partial charge in [0.25, 0.3) is 0 Å². The van der Waals surface area contributed by atoms with Crippen molar-refractivity contribution in [2.45, 2.75) is 32.1 Å². The summed E-state index contributed by atoms with van der Waals surface area (Å²) in [6.07, 6.45) is 3.99. The van der Waals surface area contributed by atoms with Gasteiger partial charge in [0.2, 0.25) is 0 Å². The van der Waals surface area contributed by atoms with E-state index in [4.69, 9.17) is 0 Å². The lowest BCUT2D eigenvalue weighted by Crippen LogP contribution is -2.16. The van der Waals surface area contributed by atoms with Crippen LogP contribution >= 0.6 is 0 Å². The number of hydrogen-bond acceptors (Lipinski definition) is 3. The maximum Gasteiger partial charge on any atom is 0.312 e. The number of aromatic nitrogens is 3. The Labute approximate surface area is 111 Å². The molecule has 0 aliphatic heterocycles. The van der Waals surface area contributed by atoms with Crippen LogP contribution in [0.1, 0.15) is 37.8 Å². The SMILES string of the molecule is CCCCC(C(=O)O)c1cnnn1-c1ccccc1. The first kappa shape index (κ1) is 13.3. The molecule has 2 aromatic rings. The van der Waals surface area contributed by atoms with Gasteiger partial charge in [-0.3, -0.25) is 4.79 Å². The zero-order valence-corrected chi connectivity index (χ0v) is 10.9. The molecule has 0 amide bonds. The highest BCUT2D eigenvalue weighted by atomic mass is 16.4. The van der Waals surface area contributed by atoms with E-state index < -0.39 is 11.9 Å². The molecule has 0 spiro atoms. The number of para-hydroxylation sites is 1. The molecule has 0 aliphatic carbocycles. The molecule has 1 aromatic heterocycles. The van der Waals surface area contributed by atoms with Crippen molar-refractivity contribution in [3.8, 4) is 5.69 Å². The molecule has 2 rings (SSSR count). The van der Waals surface area contributed by atoms with E-state index in [9.17, 15) is 9.90 Å². The summed E-state index contributed by atoms with van der Waals surface area (Å²) in [6, 6.07) is 9.46. The highest BCUT2D eigenvalue weighted by molar-refractivity contribution is 5.75. The number of benzene rings is 1. The number of carboxylic acid groups (broad SMARTS) is 1. The summed E-state index contributed by atoms with van der Waals surface area (Å²) < 4.78 is 1.61. The van der Waals surface area contributed by atoms with Crippen molar-refractivity contribution >= 4 is 5.97 Å². The van der Waals surface area contributed by atoms with E-state index >= 15 is 0 Å². The lowest BCUT2D eigenvalue weighted by molar-refractivity contribution is -0.139. The Morgan fingerprint density at radius 1 is 1.37 bits per heavy atom. The van der Waals surface area contributed by atoms with Crippen molar-refractivity contribution in [2.24, 2.45) is 0 Å². The Bertz CT molecular complexity index is 537. The summed E-state index contributed by atoms with van der Waals surface area (Å²) in [5.74, 6) is -1.39. The van der Waals surface area contributed by atoms with Crippen LogP contribution in [0.3, 0.4) is 0 Å². The van der Waals surface area contributed by atoms with Gasteiger partial charge >= 0.3 is 5.97 Å². The minimum Gasteiger partial charge on any atom is -0.481 e. The number of aliphatic carboxylic acids is 1. The van der Waals surface area contributed by atoms with Gasteiger partial charge in [-0.1, -0.05) is 43.2 Å². The summed E-state index contributed by atoms with van der Waals surface area (Å²) in [5.41, 5.74) is 1.46. The minimum absolute atomic E-state index is 0.560. The average molecular weight is 259 g/mol. The van der Waals surface area contributed by atoms with Crippen LogP contribution in [-0.4, -0.2) is 26.1 Å². The van der Waals surface area contributed by atoms with Gasteiger partial charge in [0.1, 0.15) is 5.92 Å². The summed E-state index contributed by atoms with van der Waals surface area (Å²) in [5, 5.41) is 17.2. The van der Waals surface area contributed by atoms with Gasteiger partial charge in [0, 0.05) is 0 Å². The van der Waals surface area contributed by atoms with E-state index in [0.29, 0.717) is 12.1 Å². The number of hydrogen-bond donors (Lipinski definition) is 1. The lowest BCUT2D eigenvalue weighted by atomic mass is 9.99. The molecule has 100 valence electrons. The maximum atomic E-state index is 11.4. The fourth-order valence-corrected chi connectivity index (χ4v) is 2.06. The first-order valence-corrected chi connectivity index (χ1v) is 6.43. The highest BCUT2D eigenvalue weighted by Crippen LogP contribution is 2.23. The molecule has 0 bridgehead atoms. The molecule has 1 unspecified atom stereocenters. The van der Waals surface area contributed by atoms with Gasteiger partial charge in [-0.2, -0.15) is 0 Å². The average Bonchev–Trinajstić information content (AvgIpc) is 2.89. The summed E-state index contributed by atoms with van der Waals surface area (Å²) in [7, 11) is 0. The van der Waals surface area contributed by atoms with Crippen molar-refractivity contribution in [3.63, 3.8) is 0 Å². The van der Waals surface area contributed by atoms with Crippen LogP contribution in [0.15, 0.2) is 36.5 Å². The largest absolute Gasteiger partial charge is 0.481 e. The van der Waals surface area contributed by atoms with E-state index in [-0.39, 0.29) is 0 Å². The topological polar surface area (TPSA) is 68.0 Å². The van der Waals surface area contributed by atoms with Crippen LogP contribution in [0.4, 0.5) is 0 Å². The van der Waals surface area contributed by atoms with Gasteiger partial charge in [-0.05, 0) is 18.6 Å². The lowest BCUT2D eigenvalue weighted by Gasteiger charge is -2.13. The summed E-state index contributed by atoms with van der Waals surface area (Å²) in [6.45, 7) is 2.05.